The third-order valence-electron chi connectivity index (χ3n) is 4.14. The van der Waals surface area contributed by atoms with Gasteiger partial charge in [0, 0.05) is 27.9 Å². The van der Waals surface area contributed by atoms with Crippen LogP contribution in [0.1, 0.15) is 10.4 Å². The van der Waals surface area contributed by atoms with Gasteiger partial charge in [0.1, 0.15) is 10.5 Å². The van der Waals surface area contributed by atoms with Gasteiger partial charge in [-0.1, -0.05) is 23.2 Å². The van der Waals surface area contributed by atoms with E-state index in [1.807, 2.05) is 0 Å². The first-order valence-electron chi connectivity index (χ1n) is 8.32. The average molecular weight is 428 g/mol. The molecule has 144 valence electrons. The Labute approximate surface area is 174 Å². The molecule has 0 spiro atoms. The second-order valence-electron chi connectivity index (χ2n) is 6.09. The first-order chi connectivity index (χ1) is 13.9. The molecule has 0 radical (unpaired) electrons. The number of rotatable bonds is 4. The highest BCUT2D eigenvalue weighted by molar-refractivity contribution is 6.32. The maximum absolute atomic E-state index is 12.5. The summed E-state index contributed by atoms with van der Waals surface area (Å²) in [6.45, 7) is 0. The molecule has 0 unspecified atom stereocenters. The number of oxazole rings is 1. The highest BCUT2D eigenvalue weighted by atomic mass is 35.5. The van der Waals surface area contributed by atoms with Gasteiger partial charge in [0.15, 0.2) is 5.58 Å². The molecule has 7 nitrogen and oxygen atoms in total. The van der Waals surface area contributed by atoms with Crippen molar-refractivity contribution in [2.75, 3.05) is 5.32 Å². The summed E-state index contributed by atoms with van der Waals surface area (Å²) in [7, 11) is 0. The molecule has 9 heteroatoms. The minimum Gasteiger partial charge on any atom is -0.436 e. The fourth-order valence-electron chi connectivity index (χ4n) is 2.72. The zero-order chi connectivity index (χ0) is 20.5. The van der Waals surface area contributed by atoms with Crippen LogP contribution in [0.4, 0.5) is 11.4 Å². The van der Waals surface area contributed by atoms with Crippen LogP contribution in [-0.2, 0) is 0 Å². The number of nitrogens with one attached hydrogen (secondary N) is 1. The number of hydrogen-bond donors (Lipinski definition) is 1. The summed E-state index contributed by atoms with van der Waals surface area (Å²) in [6, 6.07) is 15.9. The lowest BCUT2D eigenvalue weighted by atomic mass is 10.2. The number of nitro groups is 1. The molecule has 0 saturated heterocycles. The Bertz CT molecular complexity index is 1250. The molecule has 0 aliphatic rings. The van der Waals surface area contributed by atoms with E-state index < -0.39 is 10.8 Å². The van der Waals surface area contributed by atoms with E-state index in [-0.39, 0.29) is 16.3 Å². The van der Waals surface area contributed by atoms with Crippen LogP contribution in [-0.4, -0.2) is 15.8 Å². The summed E-state index contributed by atoms with van der Waals surface area (Å²) in [4.78, 5) is 27.3. The zero-order valence-corrected chi connectivity index (χ0v) is 16.1. The van der Waals surface area contributed by atoms with E-state index in [1.54, 1.807) is 42.5 Å². The average Bonchev–Trinajstić information content (AvgIpc) is 3.12. The molecule has 1 N–H and O–H groups in total. The minimum absolute atomic E-state index is 0.0368. The maximum atomic E-state index is 12.5. The Hall–Kier alpha value is -3.42. The first-order valence-corrected chi connectivity index (χ1v) is 9.08. The number of nitrogens with zero attached hydrogens (tertiary/aromatic N) is 2. The van der Waals surface area contributed by atoms with Crippen molar-refractivity contribution in [2.24, 2.45) is 0 Å². The fraction of sp³-hybridized carbons (Fsp3) is 0. The molecule has 0 aliphatic carbocycles. The lowest BCUT2D eigenvalue weighted by molar-refractivity contribution is -0.384. The SMILES string of the molecule is O=C(Nc1ccc2oc(-c3ccc(Cl)cc3)nc2c1)c1ccc(Cl)c([N+](=O)[O-])c1. The number of carbonyl (C=O) groups excluding carboxylic acids is 1. The summed E-state index contributed by atoms with van der Waals surface area (Å²) in [5, 5.41) is 14.3. The van der Waals surface area contributed by atoms with Gasteiger partial charge in [-0.15, -0.1) is 0 Å². The molecule has 1 aromatic heterocycles. The van der Waals surface area contributed by atoms with Crippen LogP contribution in [0.3, 0.4) is 0 Å². The molecule has 4 rings (SSSR count). The quantitative estimate of drug-likeness (QED) is 0.319. The Morgan fingerprint density at radius 3 is 2.52 bits per heavy atom. The Kier molecular flexibility index (Phi) is 4.92. The molecular weight excluding hydrogens is 417 g/mol. The number of aromatic nitrogens is 1. The fourth-order valence-corrected chi connectivity index (χ4v) is 3.03. The minimum atomic E-state index is -0.640. The summed E-state index contributed by atoms with van der Waals surface area (Å²) in [5.74, 6) is -0.0843. The van der Waals surface area contributed by atoms with Gasteiger partial charge in [0.05, 0.1) is 4.92 Å². The molecule has 4 aromatic rings. The van der Waals surface area contributed by atoms with Crippen LogP contribution in [0, 0.1) is 10.1 Å². The van der Waals surface area contributed by atoms with Crippen molar-refractivity contribution in [3.8, 4) is 11.5 Å². The molecule has 0 bridgehead atoms. The van der Waals surface area contributed by atoms with E-state index in [4.69, 9.17) is 27.6 Å². The van der Waals surface area contributed by atoms with Gasteiger partial charge in [0.25, 0.3) is 11.6 Å². The van der Waals surface area contributed by atoms with E-state index in [9.17, 15) is 14.9 Å². The van der Waals surface area contributed by atoms with Gasteiger partial charge >= 0.3 is 0 Å². The number of nitro benzene ring substituents is 1. The molecule has 1 amide bonds. The smallest absolute Gasteiger partial charge is 0.288 e. The van der Waals surface area contributed by atoms with Gasteiger partial charge in [-0.25, -0.2) is 4.98 Å². The van der Waals surface area contributed by atoms with Crippen LogP contribution < -0.4 is 5.32 Å². The van der Waals surface area contributed by atoms with Crippen LogP contribution in [0.2, 0.25) is 10.0 Å². The Balaban J connectivity index is 1.60. The van der Waals surface area contributed by atoms with E-state index in [0.29, 0.717) is 27.7 Å². The molecule has 0 fully saturated rings. The van der Waals surface area contributed by atoms with Crippen LogP contribution in [0.5, 0.6) is 0 Å². The second-order valence-corrected chi connectivity index (χ2v) is 6.93. The van der Waals surface area contributed by atoms with Gasteiger partial charge in [-0.05, 0) is 54.6 Å². The number of halogens is 2. The molecule has 0 aliphatic heterocycles. The number of anilines is 1. The molecule has 0 atom stereocenters. The molecular formula is C20H11Cl2N3O4. The third-order valence-corrected chi connectivity index (χ3v) is 4.71. The molecule has 29 heavy (non-hydrogen) atoms. The zero-order valence-electron chi connectivity index (χ0n) is 14.6. The van der Waals surface area contributed by atoms with Crippen molar-refractivity contribution < 1.29 is 14.1 Å². The van der Waals surface area contributed by atoms with E-state index in [2.05, 4.69) is 10.3 Å². The summed E-state index contributed by atoms with van der Waals surface area (Å²) in [5.41, 5.74) is 2.12. The van der Waals surface area contributed by atoms with Gasteiger partial charge in [0.2, 0.25) is 5.89 Å². The highest BCUT2D eigenvalue weighted by Crippen LogP contribution is 2.28. The summed E-state index contributed by atoms with van der Waals surface area (Å²) in [6.07, 6.45) is 0. The standard InChI is InChI=1S/C20H11Cl2N3O4/c21-13-4-1-11(2-5-13)20-24-16-10-14(6-8-18(16)29-20)23-19(26)12-3-7-15(22)17(9-12)25(27)28/h1-10H,(H,23,26). The largest absolute Gasteiger partial charge is 0.436 e. The second kappa shape index (κ2) is 7.54. The molecule has 3 aromatic carbocycles. The highest BCUT2D eigenvalue weighted by Gasteiger charge is 2.17. The Morgan fingerprint density at radius 1 is 1.03 bits per heavy atom. The number of hydrogen-bond acceptors (Lipinski definition) is 5. The van der Waals surface area contributed by atoms with Crippen molar-refractivity contribution in [1.82, 2.24) is 4.98 Å². The van der Waals surface area contributed by atoms with E-state index >= 15 is 0 Å². The predicted molar refractivity (Wildman–Crippen MR) is 111 cm³/mol. The van der Waals surface area contributed by atoms with Crippen molar-refractivity contribution >= 4 is 51.6 Å². The normalized spacial score (nSPS) is 10.8. The van der Waals surface area contributed by atoms with Crippen molar-refractivity contribution in [3.05, 3.63) is 86.4 Å². The molecule has 0 saturated carbocycles. The van der Waals surface area contributed by atoms with Crippen molar-refractivity contribution in [1.29, 1.82) is 0 Å². The molecule has 1 heterocycles. The van der Waals surface area contributed by atoms with E-state index in [1.165, 1.54) is 12.1 Å². The van der Waals surface area contributed by atoms with Crippen LogP contribution in [0.15, 0.2) is 65.1 Å². The topological polar surface area (TPSA) is 98.3 Å². The number of benzene rings is 3. The lowest BCUT2D eigenvalue weighted by Crippen LogP contribution is -2.12. The Morgan fingerprint density at radius 2 is 1.79 bits per heavy atom. The number of carbonyl (C=O) groups is 1. The monoisotopic (exact) mass is 427 g/mol. The summed E-state index contributed by atoms with van der Waals surface area (Å²) < 4.78 is 5.74. The van der Waals surface area contributed by atoms with Gasteiger partial charge < -0.3 is 9.73 Å². The maximum Gasteiger partial charge on any atom is 0.288 e. The van der Waals surface area contributed by atoms with Gasteiger partial charge in [-0.2, -0.15) is 0 Å². The van der Waals surface area contributed by atoms with Crippen LogP contribution in [0.25, 0.3) is 22.6 Å². The number of fused-ring (bicyclic) bond motifs is 1. The predicted octanol–water partition coefficient (Wildman–Crippen LogP) is 5.96. The summed E-state index contributed by atoms with van der Waals surface area (Å²) >= 11 is 11.7. The van der Waals surface area contributed by atoms with Crippen molar-refractivity contribution in [2.45, 2.75) is 0 Å². The van der Waals surface area contributed by atoms with Crippen LogP contribution >= 0.6 is 23.2 Å². The lowest BCUT2D eigenvalue weighted by Gasteiger charge is -2.05. The first kappa shape index (κ1) is 18.9. The van der Waals surface area contributed by atoms with E-state index in [0.717, 1.165) is 11.6 Å². The third kappa shape index (κ3) is 3.91. The van der Waals surface area contributed by atoms with Crippen molar-refractivity contribution in [3.63, 3.8) is 0 Å². The van der Waals surface area contributed by atoms with Gasteiger partial charge in [-0.3, -0.25) is 14.9 Å². The number of amides is 1.